The number of benzene rings is 2. The lowest BCUT2D eigenvalue weighted by Gasteiger charge is -2.27. The van der Waals surface area contributed by atoms with E-state index < -0.39 is 11.9 Å². The van der Waals surface area contributed by atoms with Crippen LogP contribution in [0.1, 0.15) is 29.5 Å². The molecule has 136 valence electrons. The van der Waals surface area contributed by atoms with Crippen LogP contribution in [0.15, 0.2) is 66.2 Å². The molecule has 3 N–H and O–H groups in total. The molecular formula is C21H19N3O3. The number of carbonyl (C=O) groups is 1. The second-order valence-corrected chi connectivity index (χ2v) is 6.13. The summed E-state index contributed by atoms with van der Waals surface area (Å²) < 4.78 is 11.4. The lowest BCUT2D eigenvalue weighted by molar-refractivity contribution is -0.138. The number of nitrogens with zero attached hydrogens (tertiary/aromatic N) is 1. The van der Waals surface area contributed by atoms with Crippen molar-refractivity contribution in [3.05, 3.63) is 82.9 Å². The largest absolute Gasteiger partial charge is 0.463 e. The minimum atomic E-state index is -0.442. The van der Waals surface area contributed by atoms with E-state index in [1.54, 1.807) is 6.92 Å². The van der Waals surface area contributed by atoms with Crippen LogP contribution < -0.4 is 10.5 Å². The Kier molecular flexibility index (Phi) is 4.38. The van der Waals surface area contributed by atoms with Gasteiger partial charge in [-0.15, -0.1) is 5.10 Å². The second-order valence-electron chi connectivity index (χ2n) is 6.13. The molecule has 6 nitrogen and oxygen atoms in total. The Labute approximate surface area is 156 Å². The Bertz CT molecular complexity index is 994. The number of nitrogen functional groups attached to an aromatic ring is 1. The lowest BCUT2D eigenvalue weighted by Crippen LogP contribution is -2.23. The Hall–Kier alpha value is -3.54. The zero-order valence-electron chi connectivity index (χ0n) is 14.8. The highest BCUT2D eigenvalue weighted by Gasteiger charge is 2.39. The van der Waals surface area contributed by atoms with E-state index in [2.05, 4.69) is 10.2 Å². The van der Waals surface area contributed by atoms with E-state index in [0.29, 0.717) is 28.6 Å². The van der Waals surface area contributed by atoms with Crippen LogP contribution >= 0.6 is 0 Å². The summed E-state index contributed by atoms with van der Waals surface area (Å²) in [5, 5.41) is 6.96. The highest BCUT2D eigenvalue weighted by atomic mass is 16.5. The van der Waals surface area contributed by atoms with E-state index in [-0.39, 0.29) is 6.61 Å². The molecule has 1 atom stereocenters. The van der Waals surface area contributed by atoms with Gasteiger partial charge in [-0.25, -0.2) is 4.79 Å². The van der Waals surface area contributed by atoms with Crippen LogP contribution in [0.5, 0.6) is 5.88 Å². The minimum Gasteiger partial charge on any atom is -0.463 e. The fourth-order valence-electron chi connectivity index (χ4n) is 3.33. The number of rotatable bonds is 4. The van der Waals surface area contributed by atoms with Crippen LogP contribution in [0, 0.1) is 0 Å². The number of fused-ring (bicyclic) bond motifs is 1. The third-order valence-electron chi connectivity index (χ3n) is 4.48. The molecule has 0 saturated carbocycles. The third kappa shape index (κ3) is 2.95. The number of aromatic amines is 1. The molecule has 1 aromatic heterocycles. The van der Waals surface area contributed by atoms with Gasteiger partial charge in [0, 0.05) is 5.56 Å². The molecule has 0 spiro atoms. The molecule has 0 radical (unpaired) electrons. The van der Waals surface area contributed by atoms with Crippen molar-refractivity contribution in [2.24, 2.45) is 0 Å². The average Bonchev–Trinajstić information content (AvgIpc) is 3.09. The van der Waals surface area contributed by atoms with Gasteiger partial charge < -0.3 is 15.2 Å². The Morgan fingerprint density at radius 1 is 1.15 bits per heavy atom. The van der Waals surface area contributed by atoms with Gasteiger partial charge in [0.25, 0.3) is 0 Å². The summed E-state index contributed by atoms with van der Waals surface area (Å²) in [5.41, 5.74) is 8.87. The Morgan fingerprint density at radius 2 is 1.81 bits per heavy atom. The highest BCUT2D eigenvalue weighted by molar-refractivity contribution is 6.00. The van der Waals surface area contributed by atoms with E-state index in [1.807, 2.05) is 60.7 Å². The summed E-state index contributed by atoms with van der Waals surface area (Å²) in [6, 6.07) is 19.1. The fraction of sp³-hybridized carbons (Fsp3) is 0.143. The smallest absolute Gasteiger partial charge is 0.338 e. The van der Waals surface area contributed by atoms with Gasteiger partial charge in [-0.3, -0.25) is 5.10 Å². The molecule has 27 heavy (non-hydrogen) atoms. The second kappa shape index (κ2) is 6.99. The van der Waals surface area contributed by atoms with E-state index in [4.69, 9.17) is 15.2 Å². The average molecular weight is 361 g/mol. The summed E-state index contributed by atoms with van der Waals surface area (Å²) in [5.74, 6) is 0.294. The number of anilines is 1. The summed E-state index contributed by atoms with van der Waals surface area (Å²) in [4.78, 5) is 13.0. The molecule has 0 bridgehead atoms. The monoisotopic (exact) mass is 361 g/mol. The van der Waals surface area contributed by atoms with Gasteiger partial charge >= 0.3 is 5.97 Å². The lowest BCUT2D eigenvalue weighted by atomic mass is 9.82. The molecule has 4 rings (SSSR count). The summed E-state index contributed by atoms with van der Waals surface area (Å²) in [6.45, 7) is 2.04. The molecular weight excluding hydrogens is 342 g/mol. The van der Waals surface area contributed by atoms with Gasteiger partial charge in [-0.2, -0.15) is 0 Å². The van der Waals surface area contributed by atoms with E-state index in [1.165, 1.54) is 0 Å². The third-order valence-corrected chi connectivity index (χ3v) is 4.48. The molecule has 1 unspecified atom stereocenters. The first-order valence-electron chi connectivity index (χ1n) is 8.74. The number of ether oxygens (including phenoxy) is 2. The number of carbonyl (C=O) groups excluding carboxylic acids is 1. The fourth-order valence-corrected chi connectivity index (χ4v) is 3.33. The van der Waals surface area contributed by atoms with Crippen LogP contribution in [0.25, 0.3) is 5.76 Å². The molecule has 1 aliphatic rings. The van der Waals surface area contributed by atoms with Crippen molar-refractivity contribution in [2.45, 2.75) is 12.8 Å². The van der Waals surface area contributed by atoms with Crippen molar-refractivity contribution in [2.75, 3.05) is 12.3 Å². The van der Waals surface area contributed by atoms with Gasteiger partial charge in [0.05, 0.1) is 23.7 Å². The molecule has 2 heterocycles. The molecule has 2 aromatic carbocycles. The maximum Gasteiger partial charge on any atom is 0.338 e. The number of nitrogens with two attached hydrogens (primary N) is 1. The molecule has 1 aliphatic heterocycles. The number of hydrogen-bond donors (Lipinski definition) is 2. The van der Waals surface area contributed by atoms with Crippen molar-refractivity contribution < 1.29 is 14.3 Å². The Morgan fingerprint density at radius 3 is 2.48 bits per heavy atom. The topological polar surface area (TPSA) is 90.2 Å². The molecule has 6 heteroatoms. The predicted octanol–water partition coefficient (Wildman–Crippen LogP) is 3.49. The number of hydrogen-bond acceptors (Lipinski definition) is 5. The first-order valence-corrected chi connectivity index (χ1v) is 8.74. The number of H-pyrrole nitrogens is 1. The SMILES string of the molecule is CCOC(=O)C1=C(c2ccccc2)Oc2n[nH]c(N)c2C1c1ccccc1. The zero-order chi connectivity index (χ0) is 18.8. The zero-order valence-corrected chi connectivity index (χ0v) is 14.8. The van der Waals surface area contributed by atoms with Crippen molar-refractivity contribution in [3.63, 3.8) is 0 Å². The van der Waals surface area contributed by atoms with Crippen LogP contribution in [0.3, 0.4) is 0 Å². The Balaban J connectivity index is 1.99. The van der Waals surface area contributed by atoms with Crippen LogP contribution in [-0.4, -0.2) is 22.8 Å². The molecule has 0 aliphatic carbocycles. The van der Waals surface area contributed by atoms with Gasteiger partial charge in [-0.05, 0) is 12.5 Å². The van der Waals surface area contributed by atoms with Crippen molar-refractivity contribution in [1.82, 2.24) is 10.2 Å². The van der Waals surface area contributed by atoms with Crippen molar-refractivity contribution in [1.29, 1.82) is 0 Å². The molecule has 0 fully saturated rings. The number of esters is 1. The van der Waals surface area contributed by atoms with E-state index in [0.717, 1.165) is 11.1 Å². The minimum absolute atomic E-state index is 0.264. The van der Waals surface area contributed by atoms with Crippen LogP contribution in [0.2, 0.25) is 0 Å². The van der Waals surface area contributed by atoms with Gasteiger partial charge in [-0.1, -0.05) is 60.7 Å². The van der Waals surface area contributed by atoms with Crippen LogP contribution in [0.4, 0.5) is 5.82 Å². The standard InChI is InChI=1S/C21H19N3O3/c1-2-26-21(25)16-15(13-9-5-3-6-10-13)17-19(22)23-24-20(17)27-18(16)14-11-7-4-8-12-14/h3-12,15H,2H2,1H3,(H3,22,23,24). The van der Waals surface area contributed by atoms with E-state index in [9.17, 15) is 4.79 Å². The summed E-state index contributed by atoms with van der Waals surface area (Å²) >= 11 is 0. The first-order chi connectivity index (χ1) is 13.2. The van der Waals surface area contributed by atoms with Gasteiger partial charge in [0.15, 0.2) is 0 Å². The summed E-state index contributed by atoms with van der Waals surface area (Å²) in [7, 11) is 0. The van der Waals surface area contributed by atoms with Crippen molar-refractivity contribution >= 4 is 17.5 Å². The molecule has 0 saturated heterocycles. The molecule has 3 aromatic rings. The first kappa shape index (κ1) is 16.9. The van der Waals surface area contributed by atoms with Crippen molar-refractivity contribution in [3.8, 4) is 5.88 Å². The normalized spacial score (nSPS) is 15.8. The highest BCUT2D eigenvalue weighted by Crippen LogP contribution is 2.47. The quantitative estimate of drug-likeness (QED) is 0.694. The number of nitrogens with one attached hydrogen (secondary N) is 1. The van der Waals surface area contributed by atoms with Gasteiger partial charge in [0.2, 0.25) is 5.88 Å². The summed E-state index contributed by atoms with van der Waals surface area (Å²) in [6.07, 6.45) is 0. The van der Waals surface area contributed by atoms with Gasteiger partial charge in [0.1, 0.15) is 11.6 Å². The maximum absolute atomic E-state index is 13.0. The van der Waals surface area contributed by atoms with E-state index >= 15 is 0 Å². The molecule has 0 amide bonds. The predicted molar refractivity (Wildman–Crippen MR) is 102 cm³/mol. The number of aromatic nitrogens is 2. The van der Waals surface area contributed by atoms with Crippen LogP contribution in [-0.2, 0) is 9.53 Å². The maximum atomic E-state index is 13.0.